The van der Waals surface area contributed by atoms with E-state index < -0.39 is 0 Å². The fourth-order valence-corrected chi connectivity index (χ4v) is 2.33. The van der Waals surface area contributed by atoms with Crippen LogP contribution in [0.4, 0.5) is 0 Å². The van der Waals surface area contributed by atoms with E-state index in [1.165, 1.54) is 12.0 Å². The van der Waals surface area contributed by atoms with Gasteiger partial charge in [-0.1, -0.05) is 30.3 Å². The van der Waals surface area contributed by atoms with Gasteiger partial charge in [-0.2, -0.15) is 0 Å². The molecule has 0 aliphatic rings. The fourth-order valence-electron chi connectivity index (χ4n) is 2.33. The van der Waals surface area contributed by atoms with Gasteiger partial charge in [-0.3, -0.25) is 0 Å². The van der Waals surface area contributed by atoms with Crippen LogP contribution in [0.3, 0.4) is 0 Å². The number of rotatable bonds is 10. The molecule has 0 heterocycles. The van der Waals surface area contributed by atoms with Crippen LogP contribution in [0.25, 0.3) is 0 Å². The van der Waals surface area contributed by atoms with Crippen molar-refractivity contribution in [2.24, 2.45) is 0 Å². The molecular weight excluding hydrogens is 236 g/mol. The molecule has 0 saturated heterocycles. The molecule has 0 saturated carbocycles. The molecule has 0 amide bonds. The van der Waals surface area contributed by atoms with Crippen molar-refractivity contribution >= 4 is 0 Å². The summed E-state index contributed by atoms with van der Waals surface area (Å²) in [4.78, 5) is 0. The van der Waals surface area contributed by atoms with E-state index in [1.54, 1.807) is 0 Å². The van der Waals surface area contributed by atoms with Crippen LogP contribution in [-0.2, 0) is 11.2 Å². The number of unbranched alkanes of at least 4 members (excludes halogenated alkanes) is 1. The average Bonchev–Trinajstić information content (AvgIpc) is 2.39. The maximum atomic E-state index is 8.84. The minimum Gasteiger partial charge on any atom is -0.396 e. The molecule has 0 aromatic heterocycles. The lowest BCUT2D eigenvalue weighted by molar-refractivity contribution is -0.00400. The van der Waals surface area contributed by atoms with E-state index in [0.29, 0.717) is 12.7 Å². The summed E-state index contributed by atoms with van der Waals surface area (Å²) < 4.78 is 5.95. The Balaban J connectivity index is 2.27. The van der Waals surface area contributed by atoms with Gasteiger partial charge in [0.25, 0.3) is 0 Å². The first-order valence-electron chi connectivity index (χ1n) is 7.52. The maximum Gasteiger partial charge on any atom is 0.0578 e. The Bertz CT molecular complexity index is 308. The highest BCUT2D eigenvalue weighted by molar-refractivity contribution is 5.14. The van der Waals surface area contributed by atoms with Crippen molar-refractivity contribution in [3.63, 3.8) is 0 Å². The first-order chi connectivity index (χ1) is 9.22. The van der Waals surface area contributed by atoms with Gasteiger partial charge < -0.3 is 9.84 Å². The van der Waals surface area contributed by atoms with Crippen molar-refractivity contribution in [2.75, 3.05) is 6.61 Å². The lowest BCUT2D eigenvalue weighted by atomic mass is 10.0. The van der Waals surface area contributed by atoms with Crippen molar-refractivity contribution in [2.45, 2.75) is 64.6 Å². The topological polar surface area (TPSA) is 29.5 Å². The Labute approximate surface area is 117 Å². The predicted molar refractivity (Wildman–Crippen MR) is 80.3 cm³/mol. The second-order valence-electron chi connectivity index (χ2n) is 5.40. The Hall–Kier alpha value is -0.860. The number of aryl methyl sites for hydroxylation is 1. The van der Waals surface area contributed by atoms with Crippen LogP contribution >= 0.6 is 0 Å². The number of aliphatic hydroxyl groups is 1. The van der Waals surface area contributed by atoms with Crippen molar-refractivity contribution in [1.82, 2.24) is 0 Å². The Morgan fingerprint density at radius 3 is 2.32 bits per heavy atom. The molecule has 0 fully saturated rings. The standard InChI is InChI=1S/C17H28O2/c1-15(2)19-17(12-6-7-14-18)13-8-11-16-9-4-3-5-10-16/h3-5,9-10,15,17-18H,6-8,11-14H2,1-2H3. The SMILES string of the molecule is CC(C)OC(CCCCO)CCCc1ccccc1. The van der Waals surface area contributed by atoms with Gasteiger partial charge in [0, 0.05) is 6.61 Å². The summed E-state index contributed by atoms with van der Waals surface area (Å²) >= 11 is 0. The van der Waals surface area contributed by atoms with E-state index in [9.17, 15) is 0 Å². The van der Waals surface area contributed by atoms with Gasteiger partial charge in [0.2, 0.25) is 0 Å². The van der Waals surface area contributed by atoms with Crippen molar-refractivity contribution < 1.29 is 9.84 Å². The zero-order valence-electron chi connectivity index (χ0n) is 12.3. The third-order valence-electron chi connectivity index (χ3n) is 3.23. The number of benzene rings is 1. The molecule has 0 radical (unpaired) electrons. The summed E-state index contributed by atoms with van der Waals surface area (Å²) in [7, 11) is 0. The normalized spacial score (nSPS) is 12.8. The summed E-state index contributed by atoms with van der Waals surface area (Å²) in [5.74, 6) is 0. The Kier molecular flexibility index (Phi) is 8.52. The molecule has 1 rings (SSSR count). The summed E-state index contributed by atoms with van der Waals surface area (Å²) in [6.45, 7) is 4.48. The van der Waals surface area contributed by atoms with Crippen molar-refractivity contribution in [1.29, 1.82) is 0 Å². The van der Waals surface area contributed by atoms with Crippen molar-refractivity contribution in [3.05, 3.63) is 35.9 Å². The lowest BCUT2D eigenvalue weighted by Crippen LogP contribution is -2.18. The molecule has 0 spiro atoms. The third-order valence-corrected chi connectivity index (χ3v) is 3.23. The molecule has 2 heteroatoms. The molecule has 2 nitrogen and oxygen atoms in total. The highest BCUT2D eigenvalue weighted by atomic mass is 16.5. The number of hydrogen-bond donors (Lipinski definition) is 1. The van der Waals surface area contributed by atoms with E-state index >= 15 is 0 Å². The molecule has 0 aliphatic heterocycles. The summed E-state index contributed by atoms with van der Waals surface area (Å²) in [6, 6.07) is 10.6. The first-order valence-corrected chi connectivity index (χ1v) is 7.52. The summed E-state index contributed by atoms with van der Waals surface area (Å²) in [5, 5.41) is 8.84. The van der Waals surface area contributed by atoms with Crippen LogP contribution in [0.5, 0.6) is 0 Å². The van der Waals surface area contributed by atoms with Gasteiger partial charge in [0.1, 0.15) is 0 Å². The second kappa shape index (κ2) is 9.99. The number of aliphatic hydroxyl groups excluding tert-OH is 1. The van der Waals surface area contributed by atoms with E-state index in [4.69, 9.17) is 9.84 Å². The van der Waals surface area contributed by atoms with Gasteiger partial charge in [-0.25, -0.2) is 0 Å². The zero-order valence-corrected chi connectivity index (χ0v) is 12.3. The van der Waals surface area contributed by atoms with Gasteiger partial charge in [-0.15, -0.1) is 0 Å². The van der Waals surface area contributed by atoms with Crippen LogP contribution in [0, 0.1) is 0 Å². The fraction of sp³-hybridized carbons (Fsp3) is 0.647. The first kappa shape index (κ1) is 16.2. The smallest absolute Gasteiger partial charge is 0.0578 e. The molecule has 0 bridgehead atoms. The molecule has 1 aromatic rings. The molecule has 1 N–H and O–H groups in total. The average molecular weight is 264 g/mol. The van der Waals surface area contributed by atoms with E-state index in [1.807, 2.05) is 0 Å². The van der Waals surface area contributed by atoms with Crippen LogP contribution < -0.4 is 0 Å². The Morgan fingerprint density at radius 2 is 1.68 bits per heavy atom. The molecule has 1 aromatic carbocycles. The summed E-state index contributed by atoms with van der Waals surface area (Å²) in [6.07, 6.45) is 7.03. The van der Waals surface area contributed by atoms with E-state index in [-0.39, 0.29) is 6.10 Å². The quantitative estimate of drug-likeness (QED) is 0.648. The van der Waals surface area contributed by atoms with Gasteiger partial charge in [0.05, 0.1) is 12.2 Å². The predicted octanol–water partition coefficient (Wildman–Crippen LogP) is 3.97. The molecule has 19 heavy (non-hydrogen) atoms. The highest BCUT2D eigenvalue weighted by Crippen LogP contribution is 2.15. The van der Waals surface area contributed by atoms with E-state index in [0.717, 1.165) is 32.1 Å². The van der Waals surface area contributed by atoms with Gasteiger partial charge in [0.15, 0.2) is 0 Å². The minimum absolute atomic E-state index is 0.288. The Morgan fingerprint density at radius 1 is 1.00 bits per heavy atom. The third kappa shape index (κ3) is 8.02. The van der Waals surface area contributed by atoms with E-state index in [2.05, 4.69) is 44.2 Å². The monoisotopic (exact) mass is 264 g/mol. The molecule has 108 valence electrons. The lowest BCUT2D eigenvalue weighted by Gasteiger charge is -2.20. The van der Waals surface area contributed by atoms with Crippen LogP contribution in [0.15, 0.2) is 30.3 Å². The minimum atomic E-state index is 0.288. The van der Waals surface area contributed by atoms with Crippen LogP contribution in [0.1, 0.15) is 51.5 Å². The molecule has 1 unspecified atom stereocenters. The molecule has 0 aliphatic carbocycles. The molecule has 1 atom stereocenters. The summed E-state index contributed by atoms with van der Waals surface area (Å²) in [5.41, 5.74) is 1.40. The second-order valence-corrected chi connectivity index (χ2v) is 5.40. The van der Waals surface area contributed by atoms with Crippen LogP contribution in [-0.4, -0.2) is 23.9 Å². The maximum absolute atomic E-state index is 8.84. The molecular formula is C17H28O2. The van der Waals surface area contributed by atoms with Gasteiger partial charge in [-0.05, 0) is 57.9 Å². The zero-order chi connectivity index (χ0) is 13.9. The van der Waals surface area contributed by atoms with Gasteiger partial charge >= 0.3 is 0 Å². The number of ether oxygens (including phenoxy) is 1. The largest absolute Gasteiger partial charge is 0.396 e. The highest BCUT2D eigenvalue weighted by Gasteiger charge is 2.10. The number of hydrogen-bond acceptors (Lipinski definition) is 2. The van der Waals surface area contributed by atoms with Crippen LogP contribution in [0.2, 0.25) is 0 Å². The van der Waals surface area contributed by atoms with Crippen molar-refractivity contribution in [3.8, 4) is 0 Å².